The molecular formula is C22H14ClN. The average Bonchev–Trinajstić information content (AvgIpc) is 2.98. The minimum atomic E-state index is 0.784. The van der Waals surface area contributed by atoms with Crippen LogP contribution in [0, 0.1) is 0 Å². The standard InChI is InChI=1S/C22H14ClN/c23-18-14-16-10-4-5-11-17(16)21-20(15-8-2-1-3-9-15)19-12-6-7-13-24(19)22(18)21/h1-14H. The molecule has 114 valence electrons. The van der Waals surface area contributed by atoms with Crippen LogP contribution in [0.25, 0.3) is 38.3 Å². The molecule has 0 aliphatic rings. The SMILES string of the molecule is Clc1cc2ccccc2c2c(-c3ccccc3)c3ccccn3c12. The van der Waals surface area contributed by atoms with Gasteiger partial charge in [0.1, 0.15) is 0 Å². The molecule has 0 saturated heterocycles. The Balaban J connectivity index is 2.13. The Hall–Kier alpha value is -2.77. The van der Waals surface area contributed by atoms with E-state index in [0.717, 1.165) is 10.5 Å². The van der Waals surface area contributed by atoms with E-state index in [1.807, 2.05) is 6.07 Å². The number of rotatable bonds is 1. The first kappa shape index (κ1) is 13.6. The molecular weight excluding hydrogens is 314 g/mol. The van der Waals surface area contributed by atoms with Crippen molar-refractivity contribution in [2.45, 2.75) is 0 Å². The van der Waals surface area contributed by atoms with Crippen LogP contribution in [0.2, 0.25) is 5.02 Å². The van der Waals surface area contributed by atoms with Gasteiger partial charge in [0.05, 0.1) is 16.1 Å². The summed E-state index contributed by atoms with van der Waals surface area (Å²) in [6, 6.07) is 27.3. The number of halogens is 1. The minimum Gasteiger partial charge on any atom is -0.314 e. The third kappa shape index (κ3) is 1.82. The first-order valence-corrected chi connectivity index (χ1v) is 8.38. The first-order valence-electron chi connectivity index (χ1n) is 8.00. The average molecular weight is 328 g/mol. The van der Waals surface area contributed by atoms with E-state index in [-0.39, 0.29) is 0 Å². The molecule has 0 spiro atoms. The van der Waals surface area contributed by atoms with Crippen LogP contribution in [-0.2, 0) is 0 Å². The highest BCUT2D eigenvalue weighted by Gasteiger charge is 2.18. The summed E-state index contributed by atoms with van der Waals surface area (Å²) in [5.74, 6) is 0. The molecule has 0 atom stereocenters. The van der Waals surface area contributed by atoms with Crippen LogP contribution in [0.4, 0.5) is 0 Å². The molecule has 2 heteroatoms. The predicted molar refractivity (Wildman–Crippen MR) is 103 cm³/mol. The normalized spacial score (nSPS) is 11.5. The molecule has 2 aromatic heterocycles. The van der Waals surface area contributed by atoms with E-state index >= 15 is 0 Å². The highest BCUT2D eigenvalue weighted by atomic mass is 35.5. The van der Waals surface area contributed by atoms with Crippen LogP contribution in [-0.4, -0.2) is 4.40 Å². The molecule has 0 radical (unpaired) electrons. The zero-order valence-electron chi connectivity index (χ0n) is 12.9. The van der Waals surface area contributed by atoms with Crippen molar-refractivity contribution in [1.82, 2.24) is 4.40 Å². The van der Waals surface area contributed by atoms with Crippen molar-refractivity contribution in [3.05, 3.63) is 90.1 Å². The van der Waals surface area contributed by atoms with Crippen molar-refractivity contribution < 1.29 is 0 Å². The number of benzene rings is 3. The quantitative estimate of drug-likeness (QED) is 0.328. The van der Waals surface area contributed by atoms with Gasteiger partial charge < -0.3 is 4.40 Å². The lowest BCUT2D eigenvalue weighted by Gasteiger charge is -2.05. The Morgan fingerprint density at radius 2 is 1.50 bits per heavy atom. The Kier molecular flexibility index (Phi) is 2.91. The smallest absolute Gasteiger partial charge is 0.0728 e. The van der Waals surface area contributed by atoms with Gasteiger partial charge in [-0.15, -0.1) is 0 Å². The van der Waals surface area contributed by atoms with Crippen LogP contribution in [0.3, 0.4) is 0 Å². The summed E-state index contributed by atoms with van der Waals surface area (Å²) < 4.78 is 2.20. The molecule has 3 aromatic carbocycles. The maximum Gasteiger partial charge on any atom is 0.0728 e. The summed E-state index contributed by atoms with van der Waals surface area (Å²) in [7, 11) is 0. The van der Waals surface area contributed by atoms with Gasteiger partial charge in [-0.1, -0.05) is 72.3 Å². The maximum atomic E-state index is 6.69. The molecule has 0 aliphatic carbocycles. The second-order valence-corrected chi connectivity index (χ2v) is 6.41. The number of hydrogen-bond donors (Lipinski definition) is 0. The molecule has 5 aromatic rings. The summed E-state index contributed by atoms with van der Waals surface area (Å²) in [6.45, 7) is 0. The second-order valence-electron chi connectivity index (χ2n) is 6.00. The van der Waals surface area contributed by atoms with Gasteiger partial charge in [0.2, 0.25) is 0 Å². The van der Waals surface area contributed by atoms with E-state index in [0.29, 0.717) is 0 Å². The number of aromatic nitrogens is 1. The third-order valence-electron chi connectivity index (χ3n) is 4.64. The van der Waals surface area contributed by atoms with Gasteiger partial charge >= 0.3 is 0 Å². The zero-order chi connectivity index (χ0) is 16.1. The van der Waals surface area contributed by atoms with Gasteiger partial charge in [0, 0.05) is 17.1 Å². The summed E-state index contributed by atoms with van der Waals surface area (Å²) in [4.78, 5) is 0. The van der Waals surface area contributed by atoms with Crippen molar-refractivity contribution in [2.75, 3.05) is 0 Å². The van der Waals surface area contributed by atoms with Gasteiger partial charge in [0.25, 0.3) is 0 Å². The number of hydrogen-bond acceptors (Lipinski definition) is 0. The minimum absolute atomic E-state index is 0.784. The third-order valence-corrected chi connectivity index (χ3v) is 4.93. The van der Waals surface area contributed by atoms with Gasteiger partial charge in [-0.3, -0.25) is 0 Å². The van der Waals surface area contributed by atoms with Crippen molar-refractivity contribution in [3.8, 4) is 11.1 Å². The number of pyridine rings is 1. The fourth-order valence-corrected chi connectivity index (χ4v) is 3.96. The molecule has 0 amide bonds. The molecule has 1 nitrogen and oxygen atoms in total. The molecule has 0 aliphatic heterocycles. The van der Waals surface area contributed by atoms with E-state index in [1.54, 1.807) is 0 Å². The molecule has 0 N–H and O–H groups in total. The van der Waals surface area contributed by atoms with E-state index in [1.165, 1.54) is 32.8 Å². The molecule has 0 saturated carbocycles. The van der Waals surface area contributed by atoms with E-state index in [4.69, 9.17) is 11.6 Å². The van der Waals surface area contributed by atoms with Crippen LogP contribution in [0.15, 0.2) is 85.1 Å². The maximum absolute atomic E-state index is 6.69. The fraction of sp³-hybridized carbons (Fsp3) is 0. The van der Waals surface area contributed by atoms with Crippen LogP contribution in [0.5, 0.6) is 0 Å². The molecule has 24 heavy (non-hydrogen) atoms. The summed E-state index contributed by atoms with van der Waals surface area (Å²) in [5.41, 5.74) is 4.70. The Morgan fingerprint density at radius 3 is 2.38 bits per heavy atom. The van der Waals surface area contributed by atoms with Crippen LogP contribution >= 0.6 is 11.6 Å². The summed E-state index contributed by atoms with van der Waals surface area (Å²) >= 11 is 6.69. The second kappa shape index (κ2) is 5.12. The lowest BCUT2D eigenvalue weighted by atomic mass is 9.98. The van der Waals surface area contributed by atoms with Crippen molar-refractivity contribution in [3.63, 3.8) is 0 Å². The lowest BCUT2D eigenvalue weighted by Crippen LogP contribution is -1.83. The zero-order valence-corrected chi connectivity index (χ0v) is 13.7. The van der Waals surface area contributed by atoms with Crippen molar-refractivity contribution in [1.29, 1.82) is 0 Å². The van der Waals surface area contributed by atoms with Gasteiger partial charge in [-0.05, 0) is 34.5 Å². The van der Waals surface area contributed by atoms with Gasteiger partial charge in [-0.25, -0.2) is 0 Å². The highest BCUT2D eigenvalue weighted by Crippen LogP contribution is 2.42. The molecule has 0 bridgehead atoms. The van der Waals surface area contributed by atoms with Crippen molar-refractivity contribution >= 4 is 38.8 Å². The monoisotopic (exact) mass is 327 g/mol. The largest absolute Gasteiger partial charge is 0.314 e. The van der Waals surface area contributed by atoms with Gasteiger partial charge in [0.15, 0.2) is 0 Å². The van der Waals surface area contributed by atoms with Gasteiger partial charge in [-0.2, -0.15) is 0 Å². The Morgan fingerprint density at radius 1 is 0.750 bits per heavy atom. The Bertz CT molecular complexity index is 1200. The lowest BCUT2D eigenvalue weighted by molar-refractivity contribution is 1.25. The van der Waals surface area contributed by atoms with E-state index < -0.39 is 0 Å². The van der Waals surface area contributed by atoms with Crippen LogP contribution in [0.1, 0.15) is 0 Å². The van der Waals surface area contributed by atoms with E-state index in [9.17, 15) is 0 Å². The van der Waals surface area contributed by atoms with Crippen molar-refractivity contribution in [2.24, 2.45) is 0 Å². The highest BCUT2D eigenvalue weighted by molar-refractivity contribution is 6.38. The molecule has 0 fully saturated rings. The summed E-state index contributed by atoms with van der Waals surface area (Å²) in [6.07, 6.45) is 2.09. The van der Waals surface area contributed by atoms with E-state index in [2.05, 4.69) is 83.4 Å². The number of nitrogens with zero attached hydrogens (tertiary/aromatic N) is 1. The molecule has 5 rings (SSSR count). The fourth-order valence-electron chi connectivity index (χ4n) is 3.66. The topological polar surface area (TPSA) is 4.41 Å². The predicted octanol–water partition coefficient (Wildman–Crippen LogP) is 6.57. The first-order chi connectivity index (χ1) is 11.8. The molecule has 2 heterocycles. The molecule has 0 unspecified atom stereocenters. The Labute approximate surface area is 144 Å². The number of fused-ring (bicyclic) bond motifs is 5. The summed E-state index contributed by atoms with van der Waals surface area (Å²) in [5, 5.41) is 4.41. The van der Waals surface area contributed by atoms with Crippen LogP contribution < -0.4 is 0 Å².